The average molecular weight is 482 g/mol. The molecule has 8 heteroatoms. The van der Waals surface area contributed by atoms with E-state index in [1.807, 2.05) is 37.3 Å². The number of nitrogens with one attached hydrogen (secondary N) is 1. The van der Waals surface area contributed by atoms with Gasteiger partial charge in [0.15, 0.2) is 0 Å². The maximum atomic E-state index is 11.7. The molecule has 3 aromatic rings. The van der Waals surface area contributed by atoms with E-state index in [0.29, 0.717) is 17.1 Å². The molecule has 1 aliphatic heterocycles. The molecule has 0 spiro atoms. The summed E-state index contributed by atoms with van der Waals surface area (Å²) in [6.07, 6.45) is 5.79. The number of hydrogen-bond donors (Lipinski definition) is 2. The van der Waals surface area contributed by atoms with Gasteiger partial charge in [-0.15, -0.1) is 0 Å². The molecule has 0 radical (unpaired) electrons. The third-order valence-corrected chi connectivity index (χ3v) is 6.60. The molecule has 1 fully saturated rings. The lowest BCUT2D eigenvalue weighted by atomic mass is 10.0. The number of H-pyrrole nitrogens is 1. The molecule has 0 aliphatic carbocycles. The first-order chi connectivity index (χ1) is 17.5. The van der Waals surface area contributed by atoms with Gasteiger partial charge in [-0.3, -0.25) is 9.69 Å². The van der Waals surface area contributed by atoms with Gasteiger partial charge < -0.3 is 15.6 Å². The van der Waals surface area contributed by atoms with E-state index in [-0.39, 0.29) is 0 Å². The Morgan fingerprint density at radius 1 is 1.19 bits per heavy atom. The molecule has 0 saturated carbocycles. The van der Waals surface area contributed by atoms with Crippen molar-refractivity contribution in [1.29, 1.82) is 5.26 Å². The van der Waals surface area contributed by atoms with E-state index in [9.17, 15) is 10.1 Å². The summed E-state index contributed by atoms with van der Waals surface area (Å²) in [5.74, 6) is 0.120. The highest BCUT2D eigenvalue weighted by Crippen LogP contribution is 2.22. The number of aryl methyl sites for hydroxylation is 1. The van der Waals surface area contributed by atoms with Gasteiger partial charge >= 0.3 is 0 Å². The summed E-state index contributed by atoms with van der Waals surface area (Å²) >= 11 is 0. The topological polar surface area (TPSA) is 114 Å². The first kappa shape index (κ1) is 24.9. The fraction of sp³-hybridized carbons (Fsp3) is 0.286. The van der Waals surface area contributed by atoms with Crippen LogP contribution >= 0.6 is 0 Å². The van der Waals surface area contributed by atoms with E-state index in [1.165, 1.54) is 5.56 Å². The van der Waals surface area contributed by atoms with E-state index >= 15 is 0 Å². The van der Waals surface area contributed by atoms with E-state index in [0.717, 1.165) is 67.6 Å². The number of amides is 1. The Morgan fingerprint density at radius 3 is 2.64 bits per heavy atom. The Balaban J connectivity index is 1.31. The molecule has 4 rings (SSSR count). The maximum absolute atomic E-state index is 11.7. The molecule has 1 aromatic heterocycles. The quantitative estimate of drug-likeness (QED) is 0.395. The van der Waals surface area contributed by atoms with Gasteiger partial charge in [-0.1, -0.05) is 18.2 Å². The zero-order valence-corrected chi connectivity index (χ0v) is 20.6. The molecule has 3 N–H and O–H groups in total. The van der Waals surface area contributed by atoms with Crippen LogP contribution in [0.1, 0.15) is 40.4 Å². The van der Waals surface area contributed by atoms with Crippen molar-refractivity contribution in [3.63, 3.8) is 0 Å². The van der Waals surface area contributed by atoms with Crippen LogP contribution in [0.5, 0.6) is 0 Å². The molecular formula is C28H31N7O. The van der Waals surface area contributed by atoms with E-state index < -0.39 is 5.91 Å². The van der Waals surface area contributed by atoms with Crippen LogP contribution < -0.4 is 5.73 Å². The lowest BCUT2D eigenvalue weighted by Crippen LogP contribution is -2.48. The predicted octanol–water partition coefficient (Wildman–Crippen LogP) is 3.81. The Kier molecular flexibility index (Phi) is 7.93. The minimum Gasteiger partial charge on any atom is -0.366 e. The first-order valence-electron chi connectivity index (χ1n) is 12.1. The SMILES string of the molecule is C=NC(=N/C=C(\C)c1ccccc1C(N)=O)N1CCN(CCCc2c[nH]c3ccc(C#N)cc23)CC1. The largest absolute Gasteiger partial charge is 0.366 e. The Morgan fingerprint density at radius 2 is 1.94 bits per heavy atom. The number of allylic oxidation sites excluding steroid dienone is 1. The first-order valence-corrected chi connectivity index (χ1v) is 12.1. The summed E-state index contributed by atoms with van der Waals surface area (Å²) in [4.78, 5) is 28.3. The molecule has 0 atom stereocenters. The van der Waals surface area contributed by atoms with Crippen molar-refractivity contribution < 1.29 is 4.79 Å². The second kappa shape index (κ2) is 11.5. The normalized spacial score (nSPS) is 15.2. The van der Waals surface area contributed by atoms with Crippen molar-refractivity contribution in [2.75, 3.05) is 32.7 Å². The monoisotopic (exact) mass is 481 g/mol. The van der Waals surface area contributed by atoms with Crippen LogP contribution in [0.4, 0.5) is 0 Å². The number of fused-ring (bicyclic) bond motifs is 1. The number of primary amides is 1. The number of hydrogen-bond acceptors (Lipinski definition) is 4. The molecule has 1 aliphatic rings. The molecular weight excluding hydrogens is 450 g/mol. The summed E-state index contributed by atoms with van der Waals surface area (Å²) in [5.41, 5.74) is 10.6. The van der Waals surface area contributed by atoms with Gasteiger partial charge in [0, 0.05) is 55.0 Å². The van der Waals surface area contributed by atoms with Crippen molar-refractivity contribution >= 4 is 35.1 Å². The lowest BCUT2D eigenvalue weighted by Gasteiger charge is -2.35. The zero-order chi connectivity index (χ0) is 25.5. The van der Waals surface area contributed by atoms with E-state index in [4.69, 9.17) is 5.73 Å². The highest BCUT2D eigenvalue weighted by Gasteiger charge is 2.19. The van der Waals surface area contributed by atoms with Crippen molar-refractivity contribution in [3.8, 4) is 6.07 Å². The number of aliphatic imine (C=N–C) groups is 2. The molecule has 36 heavy (non-hydrogen) atoms. The Hall–Kier alpha value is -4.22. The summed E-state index contributed by atoms with van der Waals surface area (Å²) in [6.45, 7) is 10.1. The maximum Gasteiger partial charge on any atom is 0.249 e. The number of guanidine groups is 1. The van der Waals surface area contributed by atoms with Crippen molar-refractivity contribution in [2.24, 2.45) is 15.7 Å². The number of nitrogens with zero attached hydrogens (tertiary/aromatic N) is 5. The van der Waals surface area contributed by atoms with Crippen LogP contribution in [0.3, 0.4) is 0 Å². The minimum absolute atomic E-state index is 0.461. The molecule has 0 unspecified atom stereocenters. The highest BCUT2D eigenvalue weighted by atomic mass is 16.1. The molecule has 2 heterocycles. The number of aromatic nitrogens is 1. The molecule has 2 aromatic carbocycles. The standard InChI is InChI=1S/C28H31N7O/c1-20(23-7-3-4-8-24(23)27(30)36)18-33-28(31-2)35-14-12-34(13-15-35)11-5-6-22-19-32-26-10-9-21(17-29)16-25(22)26/h3-4,7-10,16,18-19,32H,2,5-6,11-15H2,1H3,(H2,30,36)/b20-18+,33-28?. The van der Waals surface area contributed by atoms with Crippen molar-refractivity contribution in [2.45, 2.75) is 19.8 Å². The van der Waals surface area contributed by atoms with Gasteiger partial charge in [0.1, 0.15) is 0 Å². The van der Waals surface area contributed by atoms with Gasteiger partial charge in [0.25, 0.3) is 0 Å². The number of nitrogens with two attached hydrogens (primary N) is 1. The van der Waals surface area contributed by atoms with Gasteiger partial charge in [0.2, 0.25) is 11.9 Å². The smallest absolute Gasteiger partial charge is 0.249 e. The molecule has 1 amide bonds. The van der Waals surface area contributed by atoms with Crippen molar-refractivity contribution in [3.05, 3.63) is 77.1 Å². The van der Waals surface area contributed by atoms with Gasteiger partial charge in [0.05, 0.1) is 11.6 Å². The number of nitriles is 1. The lowest BCUT2D eigenvalue weighted by molar-refractivity contribution is 0.1000. The van der Waals surface area contributed by atoms with Gasteiger partial charge in [-0.25, -0.2) is 9.98 Å². The fourth-order valence-corrected chi connectivity index (χ4v) is 4.61. The summed E-state index contributed by atoms with van der Waals surface area (Å²) in [6, 6.07) is 15.2. The zero-order valence-electron chi connectivity index (χ0n) is 20.6. The number of benzene rings is 2. The predicted molar refractivity (Wildman–Crippen MR) is 145 cm³/mol. The molecule has 1 saturated heterocycles. The second-order valence-corrected chi connectivity index (χ2v) is 8.93. The van der Waals surface area contributed by atoms with Crippen LogP contribution in [0, 0.1) is 11.3 Å². The van der Waals surface area contributed by atoms with Crippen LogP contribution in [-0.4, -0.2) is 66.1 Å². The third-order valence-electron chi connectivity index (χ3n) is 6.60. The van der Waals surface area contributed by atoms with E-state index in [1.54, 1.807) is 18.3 Å². The van der Waals surface area contributed by atoms with Crippen molar-refractivity contribution in [1.82, 2.24) is 14.8 Å². The summed E-state index contributed by atoms with van der Waals surface area (Å²) in [7, 11) is 0. The van der Waals surface area contributed by atoms with Gasteiger partial charge in [-0.2, -0.15) is 5.26 Å². The van der Waals surface area contributed by atoms with Crippen LogP contribution in [0.2, 0.25) is 0 Å². The summed E-state index contributed by atoms with van der Waals surface area (Å²) in [5, 5.41) is 10.3. The minimum atomic E-state index is -0.461. The Bertz CT molecular complexity index is 1350. The molecule has 0 bridgehead atoms. The number of rotatable bonds is 7. The van der Waals surface area contributed by atoms with Gasteiger partial charge in [-0.05, 0) is 74.0 Å². The average Bonchev–Trinajstić information content (AvgIpc) is 3.31. The second-order valence-electron chi connectivity index (χ2n) is 8.93. The number of carbonyl (C=O) groups is 1. The summed E-state index contributed by atoms with van der Waals surface area (Å²) < 4.78 is 0. The number of carbonyl (C=O) groups excluding carboxylic acids is 1. The van der Waals surface area contributed by atoms with Crippen LogP contribution in [0.15, 0.2) is 64.8 Å². The van der Waals surface area contributed by atoms with Crippen LogP contribution in [-0.2, 0) is 6.42 Å². The highest BCUT2D eigenvalue weighted by molar-refractivity contribution is 5.98. The fourth-order valence-electron chi connectivity index (χ4n) is 4.61. The molecule has 184 valence electrons. The third kappa shape index (κ3) is 5.70. The number of aromatic amines is 1. The van der Waals surface area contributed by atoms with Crippen LogP contribution in [0.25, 0.3) is 16.5 Å². The Labute approximate surface area is 211 Å². The molecule has 8 nitrogen and oxygen atoms in total. The van der Waals surface area contributed by atoms with E-state index in [2.05, 4.69) is 43.8 Å². The number of piperazine rings is 1.